The monoisotopic (exact) mass is 361 g/mol. The van der Waals surface area contributed by atoms with Gasteiger partial charge in [0.1, 0.15) is 11.6 Å². The molecule has 118 valence electrons. The highest BCUT2D eigenvalue weighted by Crippen LogP contribution is 2.39. The lowest BCUT2D eigenvalue weighted by Crippen LogP contribution is -2.55. The largest absolute Gasteiger partial charge is 0.296 e. The molecule has 0 saturated carbocycles. The fourth-order valence-electron chi connectivity index (χ4n) is 3.22. The van der Waals surface area contributed by atoms with Crippen LogP contribution in [0.2, 0.25) is 0 Å². The van der Waals surface area contributed by atoms with Crippen LogP contribution in [0.15, 0.2) is 16.6 Å². The molecular weight excluding hydrogens is 340 g/mol. The van der Waals surface area contributed by atoms with E-state index in [9.17, 15) is 8.78 Å². The lowest BCUT2D eigenvalue weighted by molar-refractivity contribution is 0.0807. The fourth-order valence-corrected chi connectivity index (χ4v) is 3.57. The Morgan fingerprint density at radius 1 is 1.38 bits per heavy atom. The Bertz CT molecular complexity index is 506. The fraction of sp³-hybridized carbons (Fsp3) is 0.600. The van der Waals surface area contributed by atoms with E-state index in [-0.39, 0.29) is 10.0 Å². The van der Waals surface area contributed by atoms with Crippen LogP contribution in [-0.2, 0) is 0 Å². The molecule has 1 aliphatic heterocycles. The molecule has 1 aromatic rings. The van der Waals surface area contributed by atoms with E-state index in [0.717, 1.165) is 32.4 Å². The first-order valence-electron chi connectivity index (χ1n) is 7.30. The molecule has 1 fully saturated rings. The number of hydrogen-bond acceptors (Lipinski definition) is 3. The maximum absolute atomic E-state index is 14.5. The second-order valence-electron chi connectivity index (χ2n) is 5.76. The first kappa shape index (κ1) is 16.8. The van der Waals surface area contributed by atoms with Crippen LogP contribution < -0.4 is 11.3 Å². The number of halogens is 3. The first-order valence-corrected chi connectivity index (χ1v) is 8.09. The molecule has 3 N–H and O–H groups in total. The van der Waals surface area contributed by atoms with Gasteiger partial charge in [-0.2, -0.15) is 0 Å². The average Bonchev–Trinajstić information content (AvgIpc) is 3.01. The summed E-state index contributed by atoms with van der Waals surface area (Å²) in [5.41, 5.74) is 2.22. The van der Waals surface area contributed by atoms with E-state index < -0.39 is 23.2 Å². The van der Waals surface area contributed by atoms with Gasteiger partial charge < -0.3 is 0 Å². The number of nitrogens with zero attached hydrogens (tertiary/aromatic N) is 1. The van der Waals surface area contributed by atoms with Gasteiger partial charge >= 0.3 is 0 Å². The van der Waals surface area contributed by atoms with Crippen molar-refractivity contribution in [1.29, 1.82) is 0 Å². The maximum atomic E-state index is 14.5. The molecule has 0 spiro atoms. The summed E-state index contributed by atoms with van der Waals surface area (Å²) in [5.74, 6) is 4.54. The molecule has 0 aliphatic carbocycles. The molecule has 21 heavy (non-hydrogen) atoms. The van der Waals surface area contributed by atoms with Crippen LogP contribution in [0.4, 0.5) is 8.78 Å². The smallest absolute Gasteiger partial charge is 0.145 e. The van der Waals surface area contributed by atoms with Gasteiger partial charge in [0.2, 0.25) is 0 Å². The number of nitrogens with one attached hydrogen (secondary N) is 1. The zero-order chi connectivity index (χ0) is 15.6. The van der Waals surface area contributed by atoms with Crippen LogP contribution in [0.5, 0.6) is 0 Å². The van der Waals surface area contributed by atoms with Crippen molar-refractivity contribution in [1.82, 2.24) is 10.3 Å². The molecule has 0 bridgehead atoms. The van der Waals surface area contributed by atoms with Crippen molar-refractivity contribution < 1.29 is 8.78 Å². The predicted molar refractivity (Wildman–Crippen MR) is 83.6 cm³/mol. The van der Waals surface area contributed by atoms with Crippen molar-refractivity contribution in [2.24, 2.45) is 5.84 Å². The molecule has 0 amide bonds. The van der Waals surface area contributed by atoms with Crippen LogP contribution in [0.3, 0.4) is 0 Å². The molecule has 2 rings (SSSR count). The normalized spacial score (nSPS) is 20.5. The lowest BCUT2D eigenvalue weighted by atomic mass is 9.83. The van der Waals surface area contributed by atoms with Crippen LogP contribution in [0.1, 0.15) is 44.7 Å². The number of hydrogen-bond donors (Lipinski definition) is 2. The summed E-state index contributed by atoms with van der Waals surface area (Å²) >= 11 is 3.13. The Morgan fingerprint density at radius 2 is 2.00 bits per heavy atom. The Hall–Kier alpha value is -0.560. The number of likely N-dealkylation sites (tertiary alicyclic amines) is 1. The Balaban J connectivity index is 2.49. The minimum Gasteiger partial charge on any atom is -0.296 e. The van der Waals surface area contributed by atoms with Crippen molar-refractivity contribution in [3.05, 3.63) is 33.8 Å². The van der Waals surface area contributed by atoms with Crippen LogP contribution >= 0.6 is 15.9 Å². The van der Waals surface area contributed by atoms with Gasteiger partial charge in [-0.15, -0.1) is 0 Å². The molecule has 2 unspecified atom stereocenters. The molecule has 3 nitrogen and oxygen atoms in total. The summed E-state index contributed by atoms with van der Waals surface area (Å²) in [4.78, 5) is 2.28. The van der Waals surface area contributed by atoms with E-state index in [0.29, 0.717) is 0 Å². The van der Waals surface area contributed by atoms with E-state index in [1.807, 2.05) is 13.8 Å². The highest BCUT2D eigenvalue weighted by Gasteiger charge is 2.42. The molecular formula is C15H22BrF2N3. The summed E-state index contributed by atoms with van der Waals surface area (Å²) in [6.07, 6.45) is 2.96. The Labute approximate surface area is 133 Å². The molecule has 0 aromatic heterocycles. The lowest BCUT2D eigenvalue weighted by Gasteiger charge is -2.44. The van der Waals surface area contributed by atoms with Crippen LogP contribution in [0.25, 0.3) is 0 Å². The topological polar surface area (TPSA) is 41.3 Å². The van der Waals surface area contributed by atoms with Gasteiger partial charge in [-0.3, -0.25) is 16.2 Å². The highest BCUT2D eigenvalue weighted by atomic mass is 79.9. The van der Waals surface area contributed by atoms with E-state index in [1.54, 1.807) is 0 Å². The quantitative estimate of drug-likeness (QED) is 0.479. The summed E-state index contributed by atoms with van der Waals surface area (Å²) in [5, 5.41) is 0. The SMILES string of the molecule is CCC(C)(C(NN)c1c(F)ccc(Br)c1F)N1CCCC1. The Morgan fingerprint density at radius 3 is 2.52 bits per heavy atom. The van der Waals surface area contributed by atoms with Gasteiger partial charge in [0, 0.05) is 11.1 Å². The third-order valence-corrected chi connectivity index (χ3v) is 5.31. The molecule has 6 heteroatoms. The third-order valence-electron chi connectivity index (χ3n) is 4.70. The van der Waals surface area contributed by atoms with E-state index in [2.05, 4.69) is 26.3 Å². The predicted octanol–water partition coefficient (Wildman–Crippen LogP) is 3.50. The molecule has 1 aliphatic rings. The zero-order valence-corrected chi connectivity index (χ0v) is 14.0. The minimum absolute atomic E-state index is 0.00289. The van der Waals surface area contributed by atoms with Gasteiger partial charge in [0.15, 0.2) is 0 Å². The van der Waals surface area contributed by atoms with Crippen LogP contribution in [0, 0.1) is 11.6 Å². The van der Waals surface area contributed by atoms with Crippen molar-refractivity contribution in [2.75, 3.05) is 13.1 Å². The number of rotatable bonds is 5. The van der Waals surface area contributed by atoms with Crippen molar-refractivity contribution in [3.8, 4) is 0 Å². The summed E-state index contributed by atoms with van der Waals surface area (Å²) in [6, 6.07) is 2.03. The molecule has 0 radical (unpaired) electrons. The summed E-state index contributed by atoms with van der Waals surface area (Å²) in [7, 11) is 0. The molecule has 1 heterocycles. The van der Waals surface area contributed by atoms with Crippen molar-refractivity contribution in [2.45, 2.75) is 44.7 Å². The number of nitrogens with two attached hydrogens (primary N) is 1. The average molecular weight is 362 g/mol. The summed E-state index contributed by atoms with van der Waals surface area (Å²) in [6.45, 7) is 5.90. The zero-order valence-electron chi connectivity index (χ0n) is 12.4. The number of benzene rings is 1. The number of hydrazine groups is 1. The van der Waals surface area contributed by atoms with E-state index in [1.165, 1.54) is 12.1 Å². The Kier molecular flexibility index (Phi) is 5.35. The third kappa shape index (κ3) is 2.99. The second-order valence-corrected chi connectivity index (χ2v) is 6.62. The molecule has 2 atom stereocenters. The second kappa shape index (κ2) is 6.69. The van der Waals surface area contributed by atoms with Crippen molar-refractivity contribution in [3.63, 3.8) is 0 Å². The van der Waals surface area contributed by atoms with Crippen LogP contribution in [-0.4, -0.2) is 23.5 Å². The maximum Gasteiger partial charge on any atom is 0.145 e. The van der Waals surface area contributed by atoms with Gasteiger partial charge in [0.25, 0.3) is 0 Å². The van der Waals surface area contributed by atoms with E-state index in [4.69, 9.17) is 5.84 Å². The van der Waals surface area contributed by atoms with E-state index >= 15 is 0 Å². The van der Waals surface area contributed by atoms with Gasteiger partial charge in [0.05, 0.1) is 10.5 Å². The van der Waals surface area contributed by atoms with Crippen molar-refractivity contribution >= 4 is 15.9 Å². The van der Waals surface area contributed by atoms with Gasteiger partial charge in [-0.25, -0.2) is 8.78 Å². The molecule has 1 saturated heterocycles. The minimum atomic E-state index is -0.613. The summed E-state index contributed by atoms with van der Waals surface area (Å²) < 4.78 is 28.9. The molecule has 1 aromatic carbocycles. The first-order chi connectivity index (χ1) is 9.95. The standard InChI is InChI=1S/C15H22BrF2N3/c1-3-15(2,21-8-4-5-9-21)14(20-19)12-11(17)7-6-10(16)13(12)18/h6-7,14,20H,3-5,8-9,19H2,1-2H3. The van der Waals surface area contributed by atoms with Gasteiger partial charge in [-0.1, -0.05) is 6.92 Å². The van der Waals surface area contributed by atoms with Gasteiger partial charge in [-0.05, 0) is 67.3 Å². The highest BCUT2D eigenvalue weighted by molar-refractivity contribution is 9.10.